The Morgan fingerprint density at radius 3 is 2.05 bits per heavy atom. The second-order valence-corrected chi connectivity index (χ2v) is 20.0. The van der Waals surface area contributed by atoms with Gasteiger partial charge in [0.05, 0.1) is 37.4 Å². The predicted octanol–water partition coefficient (Wildman–Crippen LogP) is -3.72. The molecule has 3 aliphatic rings. The molecule has 8 amide bonds. The first kappa shape index (κ1) is 60.2. The number of fused-ring (bicyclic) bond motifs is 3. The number of nitrogens with one attached hydrogen (secondary N) is 5. The number of unbranched alkanes of at least 4 members (excludes halogenated alkanes) is 4. The average molecular weight is 1100 g/mol. The number of nitrogens with zero attached hydrogens (tertiary/aromatic N) is 2. The van der Waals surface area contributed by atoms with E-state index in [2.05, 4.69) is 28.2 Å². The zero-order valence-corrected chi connectivity index (χ0v) is 43.0. The molecule has 3 aromatic rings. The Labute approximate surface area is 447 Å². The Hall–Kier alpha value is -7.04. The molecule has 3 heterocycles. The highest BCUT2D eigenvalue weighted by Crippen LogP contribution is 2.27. The number of carbonyl (C=O) groups is 8. The van der Waals surface area contributed by atoms with Crippen LogP contribution in [0.1, 0.15) is 93.7 Å². The molecule has 14 atom stereocenters. The van der Waals surface area contributed by atoms with Crippen LogP contribution in [0.5, 0.6) is 11.5 Å². The quantitative estimate of drug-likeness (QED) is 0.0614. The summed E-state index contributed by atoms with van der Waals surface area (Å²) in [5, 5.41) is 112. The molecule has 78 heavy (non-hydrogen) atoms. The van der Waals surface area contributed by atoms with E-state index in [1.165, 1.54) is 12.1 Å². The molecule has 6 rings (SSSR count). The van der Waals surface area contributed by atoms with Crippen molar-refractivity contribution in [2.45, 2.75) is 157 Å². The maximum atomic E-state index is 14.5. The number of aliphatic hydroxyl groups is 8. The molecular weight excluding hydrogens is 1020 g/mol. The lowest BCUT2D eigenvalue weighted by molar-refractivity contribution is -0.149. The number of phenolic OH excluding ortho intramolecular Hbond substituents is 1. The van der Waals surface area contributed by atoms with Crippen LogP contribution in [-0.4, -0.2) is 202 Å². The molecule has 26 heteroatoms. The molecule has 0 spiro atoms. The van der Waals surface area contributed by atoms with Crippen LogP contribution in [0.2, 0.25) is 0 Å². The number of ether oxygens (including phenoxy) is 1. The second kappa shape index (κ2) is 27.0. The molecule has 426 valence electrons. The number of rotatable bonds is 16. The Kier molecular flexibility index (Phi) is 20.9. The van der Waals surface area contributed by atoms with Gasteiger partial charge in [0, 0.05) is 31.5 Å². The van der Waals surface area contributed by atoms with Crippen LogP contribution < -0.4 is 37.1 Å². The summed E-state index contributed by atoms with van der Waals surface area (Å²) in [4.78, 5) is 114. The summed E-state index contributed by atoms with van der Waals surface area (Å²) < 4.78 is 5.92. The normalized spacial score (nSPS) is 27.5. The van der Waals surface area contributed by atoms with Gasteiger partial charge in [0.25, 0.3) is 5.91 Å². The minimum atomic E-state index is -2.38. The lowest BCUT2D eigenvalue weighted by Crippen LogP contribution is -2.64. The Morgan fingerprint density at radius 2 is 1.37 bits per heavy atom. The standard InChI is InChI=1S/C52H70N8O18/c1-3-4-5-6-7-18-78-32-15-12-27-19-29(9-8-28(27)20-32)45(70)54-33-22-37(66)48(73)58-50(75)42-35(64)16-17-59(42)52(77)40(36(65)23-38(53)67)56-49(74)41(44(69)43(68)26-10-13-30(62)14-11-26)57-47(72)34-21-31(63)24-60(34)51(76)39(25(2)61)55-46(33)71/h8-15,19-20,25,31,33-37,39-44,48,61-66,68-69,73H,3-7,16-18,21-24H2,1-2H3,(H2,53,67)(H,54,70)(H,55,71)(H,56,74)(H,57,72)(H,58,75)/t25-,31-,33+,34+,35+,36-,37+,39+,40+,41+,42+,43+,44+,48+/m1/s1. The SMILES string of the molecule is CCCCCCCOc1ccc2cc(C(=O)N[C@H]3C[C@H](O)[C@H](O)NC(=O)[C@@H]4[C@@H](O)CCN4C(=O)[C@H]([C@H](O)CC(N)=O)NC(=O)[C@H]([C@H](O)[C@@H](O)c4ccc(O)cc4)NC(=O)[C@@H]4C[C@@H](O)CN4C(=O)[C@H]([C@@H](C)O)NC3=O)ccc2c1. The Balaban J connectivity index is 1.36. The minimum absolute atomic E-state index is 0.000127. The molecule has 0 aliphatic carbocycles. The van der Waals surface area contributed by atoms with E-state index in [4.69, 9.17) is 10.5 Å². The molecule has 3 aliphatic heterocycles. The number of amides is 8. The van der Waals surface area contributed by atoms with Crippen LogP contribution in [-0.2, 0) is 33.6 Å². The number of hydrogen-bond donors (Lipinski definition) is 15. The van der Waals surface area contributed by atoms with Gasteiger partial charge in [-0.15, -0.1) is 0 Å². The fourth-order valence-electron chi connectivity index (χ4n) is 9.66. The Morgan fingerprint density at radius 1 is 0.731 bits per heavy atom. The minimum Gasteiger partial charge on any atom is -0.508 e. The van der Waals surface area contributed by atoms with Crippen molar-refractivity contribution in [3.63, 3.8) is 0 Å². The lowest BCUT2D eigenvalue weighted by Gasteiger charge is -2.34. The second-order valence-electron chi connectivity index (χ2n) is 20.0. The highest BCUT2D eigenvalue weighted by molar-refractivity contribution is 6.02. The van der Waals surface area contributed by atoms with Crippen molar-refractivity contribution in [1.82, 2.24) is 36.4 Å². The van der Waals surface area contributed by atoms with Crippen LogP contribution in [0.15, 0.2) is 60.7 Å². The number of phenols is 1. The third-order valence-electron chi connectivity index (χ3n) is 14.0. The summed E-state index contributed by atoms with van der Waals surface area (Å²) in [6.45, 7) is 2.63. The number of nitrogens with two attached hydrogens (primary N) is 1. The summed E-state index contributed by atoms with van der Waals surface area (Å²) in [5.41, 5.74) is 5.21. The highest BCUT2D eigenvalue weighted by Gasteiger charge is 2.49. The highest BCUT2D eigenvalue weighted by atomic mass is 16.5. The van der Waals surface area contributed by atoms with E-state index < -0.39 is 165 Å². The molecule has 3 fully saturated rings. The lowest BCUT2D eigenvalue weighted by atomic mass is 9.96. The van der Waals surface area contributed by atoms with Crippen LogP contribution in [0.3, 0.4) is 0 Å². The van der Waals surface area contributed by atoms with Crippen LogP contribution in [0, 0.1) is 0 Å². The molecule has 26 nitrogen and oxygen atoms in total. The first-order valence-corrected chi connectivity index (χ1v) is 25.8. The zero-order valence-electron chi connectivity index (χ0n) is 43.0. The van der Waals surface area contributed by atoms with Crippen molar-refractivity contribution >= 4 is 58.0 Å². The average Bonchev–Trinajstić information content (AvgIpc) is 4.02. The molecule has 0 bridgehead atoms. The molecule has 3 saturated heterocycles. The van der Waals surface area contributed by atoms with Crippen molar-refractivity contribution in [3.8, 4) is 11.5 Å². The monoisotopic (exact) mass is 1090 g/mol. The number of carbonyl (C=O) groups excluding carboxylic acids is 8. The van der Waals surface area contributed by atoms with E-state index in [1.54, 1.807) is 24.3 Å². The molecular formula is C52H70N8O18. The number of benzene rings is 3. The van der Waals surface area contributed by atoms with E-state index in [0.29, 0.717) is 28.0 Å². The van der Waals surface area contributed by atoms with Gasteiger partial charge < -0.3 is 92.8 Å². The van der Waals surface area contributed by atoms with Gasteiger partial charge in [-0.1, -0.05) is 56.9 Å². The van der Waals surface area contributed by atoms with E-state index in [1.807, 2.05) is 5.32 Å². The van der Waals surface area contributed by atoms with Crippen LogP contribution in [0.25, 0.3) is 10.8 Å². The van der Waals surface area contributed by atoms with Crippen LogP contribution >= 0.6 is 0 Å². The zero-order chi connectivity index (χ0) is 57.1. The predicted molar refractivity (Wildman–Crippen MR) is 273 cm³/mol. The summed E-state index contributed by atoms with van der Waals surface area (Å²) >= 11 is 0. The first-order chi connectivity index (χ1) is 37.0. The van der Waals surface area contributed by atoms with Crippen molar-refractivity contribution in [3.05, 3.63) is 71.8 Å². The molecule has 0 unspecified atom stereocenters. The van der Waals surface area contributed by atoms with Crippen molar-refractivity contribution in [1.29, 1.82) is 0 Å². The number of aliphatic hydroxyl groups excluding tert-OH is 8. The van der Waals surface area contributed by atoms with Crippen molar-refractivity contribution in [2.24, 2.45) is 5.73 Å². The molecule has 0 aromatic heterocycles. The number of aromatic hydroxyl groups is 1. The van der Waals surface area contributed by atoms with Crippen molar-refractivity contribution in [2.75, 3.05) is 19.7 Å². The van der Waals surface area contributed by atoms with E-state index in [0.717, 1.165) is 68.2 Å². The first-order valence-electron chi connectivity index (χ1n) is 25.8. The number of primary amides is 1. The smallest absolute Gasteiger partial charge is 0.251 e. The van der Waals surface area contributed by atoms with Gasteiger partial charge in [0.2, 0.25) is 41.4 Å². The van der Waals surface area contributed by atoms with Crippen LogP contribution in [0.4, 0.5) is 0 Å². The maximum absolute atomic E-state index is 14.5. The van der Waals surface area contributed by atoms with E-state index in [9.17, 15) is 84.3 Å². The fourth-order valence-corrected chi connectivity index (χ4v) is 9.66. The van der Waals surface area contributed by atoms with Gasteiger partial charge in [0.15, 0.2) is 6.23 Å². The van der Waals surface area contributed by atoms with Gasteiger partial charge in [-0.3, -0.25) is 38.4 Å². The largest absolute Gasteiger partial charge is 0.508 e. The summed E-state index contributed by atoms with van der Waals surface area (Å²) in [6, 6.07) is 2.08. The van der Waals surface area contributed by atoms with E-state index in [-0.39, 0.29) is 23.3 Å². The van der Waals surface area contributed by atoms with Gasteiger partial charge in [0.1, 0.15) is 66.1 Å². The Bertz CT molecular complexity index is 2640. The van der Waals surface area contributed by atoms with Crippen molar-refractivity contribution < 1.29 is 89.1 Å². The van der Waals surface area contributed by atoms with Gasteiger partial charge in [-0.25, -0.2) is 0 Å². The number of hydrogen-bond acceptors (Lipinski definition) is 18. The summed E-state index contributed by atoms with van der Waals surface area (Å²) in [5.74, 6) is -9.76. The molecule has 16 N–H and O–H groups in total. The van der Waals surface area contributed by atoms with Gasteiger partial charge >= 0.3 is 0 Å². The molecule has 3 aromatic carbocycles. The van der Waals surface area contributed by atoms with Gasteiger partial charge in [-0.05, 0) is 72.5 Å². The molecule has 0 saturated carbocycles. The third-order valence-corrected chi connectivity index (χ3v) is 14.0. The molecule has 0 radical (unpaired) electrons. The topological polar surface area (TPSA) is 421 Å². The van der Waals surface area contributed by atoms with Gasteiger partial charge in [-0.2, -0.15) is 0 Å². The van der Waals surface area contributed by atoms with E-state index >= 15 is 0 Å². The summed E-state index contributed by atoms with van der Waals surface area (Å²) in [6.07, 6.45) is -13.7. The third kappa shape index (κ3) is 14.9. The summed E-state index contributed by atoms with van der Waals surface area (Å²) in [7, 11) is 0. The maximum Gasteiger partial charge on any atom is 0.251 e. The fraction of sp³-hybridized carbons (Fsp3) is 0.538.